The molecule has 1 N–H and O–H groups in total. The maximum absolute atomic E-state index is 10.1. The highest BCUT2D eigenvalue weighted by Gasteiger charge is 2.39. The van der Waals surface area contributed by atoms with Crippen molar-refractivity contribution in [1.29, 1.82) is 0 Å². The molecule has 5 nitrogen and oxygen atoms in total. The molecule has 1 fully saturated rings. The largest absolute Gasteiger partial charge is 0.388 e. The highest BCUT2D eigenvalue weighted by Crippen LogP contribution is 2.26. The number of hydrogen-bond donors (Lipinski definition) is 1. The molecule has 4 atom stereocenters. The molecule has 0 spiro atoms. The van der Waals surface area contributed by atoms with E-state index in [1.165, 1.54) is 7.11 Å². The zero-order valence-electron chi connectivity index (χ0n) is 15.0. The Kier molecular flexibility index (Phi) is 7.17. The van der Waals surface area contributed by atoms with Crippen molar-refractivity contribution >= 4 is 0 Å². The second kappa shape index (κ2) is 9.80. The minimum Gasteiger partial charge on any atom is -0.388 e. The van der Waals surface area contributed by atoms with Crippen LogP contribution >= 0.6 is 0 Å². The van der Waals surface area contributed by atoms with Gasteiger partial charge in [-0.15, -0.1) is 0 Å². The first-order valence-corrected chi connectivity index (χ1v) is 8.90. The first-order chi connectivity index (χ1) is 12.8. The van der Waals surface area contributed by atoms with Crippen molar-refractivity contribution < 1.29 is 24.1 Å². The van der Waals surface area contributed by atoms with Gasteiger partial charge in [-0.2, -0.15) is 0 Å². The van der Waals surface area contributed by atoms with Crippen LogP contribution in [0.4, 0.5) is 0 Å². The molecule has 26 heavy (non-hydrogen) atoms. The van der Waals surface area contributed by atoms with Crippen LogP contribution in [0.15, 0.2) is 60.7 Å². The summed E-state index contributed by atoms with van der Waals surface area (Å²) in [5.74, 6) is 0. The van der Waals surface area contributed by atoms with Gasteiger partial charge in [-0.05, 0) is 11.1 Å². The molecule has 5 heteroatoms. The average molecular weight is 358 g/mol. The van der Waals surface area contributed by atoms with E-state index in [1.807, 2.05) is 60.7 Å². The molecule has 0 aliphatic carbocycles. The Labute approximate surface area is 154 Å². The van der Waals surface area contributed by atoms with Gasteiger partial charge in [0.25, 0.3) is 0 Å². The molecule has 0 bridgehead atoms. The molecule has 1 saturated heterocycles. The predicted molar refractivity (Wildman–Crippen MR) is 97.4 cm³/mol. The number of methoxy groups -OCH3 is 1. The van der Waals surface area contributed by atoms with Crippen molar-refractivity contribution in [3.05, 3.63) is 71.8 Å². The Hall–Kier alpha value is -1.76. The Morgan fingerprint density at radius 3 is 2.19 bits per heavy atom. The van der Waals surface area contributed by atoms with Crippen LogP contribution in [0.1, 0.15) is 17.5 Å². The third kappa shape index (κ3) is 5.37. The summed E-state index contributed by atoms with van der Waals surface area (Å²) in [7, 11) is 1.53. The number of aliphatic hydroxyl groups is 1. The molecular weight excluding hydrogens is 332 g/mol. The van der Waals surface area contributed by atoms with Crippen LogP contribution in [0.5, 0.6) is 0 Å². The summed E-state index contributed by atoms with van der Waals surface area (Å²) in [5, 5.41) is 10.1. The Morgan fingerprint density at radius 1 is 1.00 bits per heavy atom. The van der Waals surface area contributed by atoms with E-state index in [2.05, 4.69) is 0 Å². The monoisotopic (exact) mass is 358 g/mol. The van der Waals surface area contributed by atoms with Crippen molar-refractivity contribution in [2.45, 2.75) is 44.2 Å². The number of benzene rings is 2. The fraction of sp³-hybridized carbons (Fsp3) is 0.429. The zero-order valence-corrected chi connectivity index (χ0v) is 15.0. The normalized spacial score (nSPS) is 23.8. The molecule has 0 saturated carbocycles. The van der Waals surface area contributed by atoms with Gasteiger partial charge in [0.2, 0.25) is 0 Å². The summed E-state index contributed by atoms with van der Waals surface area (Å²) in [6.07, 6.45) is -1.35. The lowest BCUT2D eigenvalue weighted by Crippen LogP contribution is -2.34. The van der Waals surface area contributed by atoms with Gasteiger partial charge in [0, 0.05) is 13.5 Å². The molecule has 0 radical (unpaired) electrons. The third-order valence-electron chi connectivity index (χ3n) is 4.44. The molecule has 0 amide bonds. The molecule has 0 aromatic heterocycles. The minimum atomic E-state index is -0.651. The van der Waals surface area contributed by atoms with Crippen molar-refractivity contribution in [1.82, 2.24) is 0 Å². The SMILES string of the molecule is COC1OC(C(COCc2ccccc2)OCc2ccccc2)CC1O. The summed E-state index contributed by atoms with van der Waals surface area (Å²) in [6.45, 7) is 1.36. The van der Waals surface area contributed by atoms with Gasteiger partial charge in [0.1, 0.15) is 12.2 Å². The van der Waals surface area contributed by atoms with Gasteiger partial charge in [-0.25, -0.2) is 0 Å². The van der Waals surface area contributed by atoms with Crippen LogP contribution in [0.25, 0.3) is 0 Å². The molecule has 2 aromatic rings. The first kappa shape index (κ1) is 19.0. The van der Waals surface area contributed by atoms with E-state index in [4.69, 9.17) is 18.9 Å². The number of hydrogen-bond acceptors (Lipinski definition) is 5. The maximum atomic E-state index is 10.1. The van der Waals surface area contributed by atoms with Crippen LogP contribution in [0.2, 0.25) is 0 Å². The van der Waals surface area contributed by atoms with Gasteiger partial charge < -0.3 is 24.1 Å². The summed E-state index contributed by atoms with van der Waals surface area (Å²) >= 11 is 0. The van der Waals surface area contributed by atoms with E-state index in [9.17, 15) is 5.11 Å². The average Bonchev–Trinajstić information content (AvgIpc) is 3.06. The van der Waals surface area contributed by atoms with E-state index < -0.39 is 12.4 Å². The number of ether oxygens (including phenoxy) is 4. The van der Waals surface area contributed by atoms with Crippen molar-refractivity contribution in [3.8, 4) is 0 Å². The second-order valence-electron chi connectivity index (χ2n) is 6.42. The molecule has 140 valence electrons. The smallest absolute Gasteiger partial charge is 0.183 e. The van der Waals surface area contributed by atoms with Gasteiger partial charge in [0.05, 0.1) is 25.9 Å². The van der Waals surface area contributed by atoms with Crippen LogP contribution in [0, 0.1) is 0 Å². The zero-order chi connectivity index (χ0) is 18.2. The minimum absolute atomic E-state index is 0.269. The molecule has 2 aromatic carbocycles. The van der Waals surface area contributed by atoms with E-state index in [0.717, 1.165) is 11.1 Å². The van der Waals surface area contributed by atoms with Gasteiger partial charge in [-0.1, -0.05) is 60.7 Å². The highest BCUT2D eigenvalue weighted by atomic mass is 16.7. The van der Waals surface area contributed by atoms with Crippen LogP contribution in [-0.4, -0.2) is 43.4 Å². The van der Waals surface area contributed by atoms with Crippen LogP contribution in [-0.2, 0) is 32.2 Å². The molecule has 3 rings (SSSR count). The van der Waals surface area contributed by atoms with Gasteiger partial charge in [-0.3, -0.25) is 0 Å². The van der Waals surface area contributed by atoms with E-state index >= 15 is 0 Å². The van der Waals surface area contributed by atoms with Crippen molar-refractivity contribution in [2.75, 3.05) is 13.7 Å². The standard InChI is InChI=1S/C21H26O5/c1-23-21-18(22)12-19(26-21)20(25-14-17-10-6-3-7-11-17)15-24-13-16-8-4-2-5-9-16/h2-11,18-22H,12-15H2,1H3. The predicted octanol–water partition coefficient (Wildman–Crippen LogP) is 2.91. The lowest BCUT2D eigenvalue weighted by molar-refractivity contribution is -0.178. The summed E-state index contributed by atoms with van der Waals surface area (Å²) in [6, 6.07) is 20.0. The van der Waals surface area contributed by atoms with E-state index in [-0.39, 0.29) is 12.2 Å². The number of rotatable bonds is 9. The Morgan fingerprint density at radius 2 is 1.62 bits per heavy atom. The molecule has 1 heterocycles. The fourth-order valence-corrected chi connectivity index (χ4v) is 3.03. The van der Waals surface area contributed by atoms with Crippen LogP contribution in [0.3, 0.4) is 0 Å². The molecule has 1 aliphatic rings. The Bertz CT molecular complexity index is 633. The van der Waals surface area contributed by atoms with Crippen molar-refractivity contribution in [3.63, 3.8) is 0 Å². The highest BCUT2D eigenvalue weighted by molar-refractivity contribution is 5.14. The maximum Gasteiger partial charge on any atom is 0.183 e. The summed E-state index contributed by atoms with van der Waals surface area (Å²) < 4.78 is 22.9. The summed E-state index contributed by atoms with van der Waals surface area (Å²) in [5.41, 5.74) is 2.19. The fourth-order valence-electron chi connectivity index (χ4n) is 3.03. The molecular formula is C21H26O5. The van der Waals surface area contributed by atoms with Gasteiger partial charge >= 0.3 is 0 Å². The van der Waals surface area contributed by atoms with E-state index in [1.54, 1.807) is 0 Å². The third-order valence-corrected chi connectivity index (χ3v) is 4.44. The topological polar surface area (TPSA) is 57.2 Å². The lowest BCUT2D eigenvalue weighted by atomic mass is 10.1. The lowest BCUT2D eigenvalue weighted by Gasteiger charge is -2.24. The van der Waals surface area contributed by atoms with Crippen LogP contribution < -0.4 is 0 Å². The van der Waals surface area contributed by atoms with E-state index in [0.29, 0.717) is 26.2 Å². The Balaban J connectivity index is 1.57. The number of aliphatic hydroxyl groups excluding tert-OH is 1. The van der Waals surface area contributed by atoms with Crippen molar-refractivity contribution in [2.24, 2.45) is 0 Å². The summed E-state index contributed by atoms with van der Waals surface area (Å²) in [4.78, 5) is 0. The second-order valence-corrected chi connectivity index (χ2v) is 6.42. The van der Waals surface area contributed by atoms with Gasteiger partial charge in [0.15, 0.2) is 6.29 Å². The molecule has 1 aliphatic heterocycles. The first-order valence-electron chi connectivity index (χ1n) is 8.90. The molecule has 4 unspecified atom stereocenters. The quantitative estimate of drug-likeness (QED) is 0.747.